The maximum absolute atomic E-state index is 2.35. The van der Waals surface area contributed by atoms with Crippen molar-refractivity contribution in [2.45, 2.75) is 39.0 Å². The van der Waals surface area contributed by atoms with E-state index in [1.54, 1.807) is 0 Å². The molecule has 0 unspecified atom stereocenters. The lowest BCUT2D eigenvalue weighted by Crippen LogP contribution is -1.85. The minimum Gasteiger partial charge on any atom is -0.0654 e. The van der Waals surface area contributed by atoms with Gasteiger partial charge in [-0.15, -0.1) is 0 Å². The fourth-order valence-electron chi connectivity index (χ4n) is 1.41. The van der Waals surface area contributed by atoms with Crippen LogP contribution in [0.3, 0.4) is 0 Å². The normalized spacial score (nSPS) is 10.3. The molecule has 0 spiro atoms. The van der Waals surface area contributed by atoms with Gasteiger partial charge in [-0.1, -0.05) is 38.3 Å². The van der Waals surface area contributed by atoms with Gasteiger partial charge in [-0.05, 0) is 53.1 Å². The zero-order valence-electron chi connectivity index (χ0n) is 8.22. The second kappa shape index (κ2) is 6.41. The summed E-state index contributed by atoms with van der Waals surface area (Å²) < 4.78 is 1.33. The minimum absolute atomic E-state index is 1.25. The monoisotopic (exact) mass is 288 g/mol. The van der Waals surface area contributed by atoms with E-state index in [1.165, 1.54) is 41.2 Å². The minimum atomic E-state index is 1.25. The van der Waals surface area contributed by atoms with Gasteiger partial charge in [0.2, 0.25) is 0 Å². The highest BCUT2D eigenvalue weighted by Gasteiger charge is 1.92. The van der Waals surface area contributed by atoms with Crippen LogP contribution in [0.4, 0.5) is 0 Å². The van der Waals surface area contributed by atoms with E-state index in [4.69, 9.17) is 0 Å². The molecule has 0 bridgehead atoms. The molecule has 0 aliphatic carbocycles. The Morgan fingerprint density at radius 3 is 2.31 bits per heavy atom. The van der Waals surface area contributed by atoms with Crippen LogP contribution in [-0.4, -0.2) is 0 Å². The summed E-state index contributed by atoms with van der Waals surface area (Å²) in [5, 5.41) is 0. The predicted molar refractivity (Wildman–Crippen MR) is 67.0 cm³/mol. The van der Waals surface area contributed by atoms with Crippen LogP contribution >= 0.6 is 22.6 Å². The lowest BCUT2D eigenvalue weighted by Gasteiger charge is -2.00. The van der Waals surface area contributed by atoms with Crippen molar-refractivity contribution in [2.75, 3.05) is 0 Å². The number of halogens is 1. The van der Waals surface area contributed by atoms with E-state index < -0.39 is 0 Å². The molecule has 0 amide bonds. The Balaban J connectivity index is 2.25. The van der Waals surface area contributed by atoms with Crippen LogP contribution in [-0.2, 0) is 6.42 Å². The van der Waals surface area contributed by atoms with Gasteiger partial charge in [0.1, 0.15) is 0 Å². The molecule has 1 heteroatoms. The third-order valence-corrected chi connectivity index (χ3v) is 2.95. The first-order chi connectivity index (χ1) is 6.33. The number of hydrogen-bond donors (Lipinski definition) is 0. The Labute approximate surface area is 94.9 Å². The summed E-state index contributed by atoms with van der Waals surface area (Å²) in [6.07, 6.45) is 6.67. The first-order valence-electron chi connectivity index (χ1n) is 5.07. The summed E-state index contributed by atoms with van der Waals surface area (Å²) in [5.74, 6) is 0. The summed E-state index contributed by atoms with van der Waals surface area (Å²) in [5.41, 5.74) is 1.48. The number of unbranched alkanes of at least 4 members (excludes halogenated alkanes) is 3. The first kappa shape index (κ1) is 11.0. The molecule has 0 heterocycles. The molecule has 72 valence electrons. The average Bonchev–Trinajstić information content (AvgIpc) is 2.15. The third-order valence-electron chi connectivity index (χ3n) is 2.23. The van der Waals surface area contributed by atoms with Gasteiger partial charge in [-0.2, -0.15) is 0 Å². The highest BCUT2D eigenvalue weighted by atomic mass is 127. The second-order valence-corrected chi connectivity index (χ2v) is 4.68. The van der Waals surface area contributed by atoms with Crippen molar-refractivity contribution in [3.05, 3.63) is 33.4 Å². The van der Waals surface area contributed by atoms with Gasteiger partial charge in [0, 0.05) is 3.57 Å². The van der Waals surface area contributed by atoms with E-state index in [0.29, 0.717) is 0 Å². The number of benzene rings is 1. The Morgan fingerprint density at radius 2 is 1.69 bits per heavy atom. The Kier molecular flexibility index (Phi) is 5.44. The maximum Gasteiger partial charge on any atom is 0.0130 e. The van der Waals surface area contributed by atoms with Crippen LogP contribution in [0.25, 0.3) is 0 Å². The summed E-state index contributed by atoms with van der Waals surface area (Å²) >= 11 is 2.35. The number of rotatable bonds is 5. The lowest BCUT2D eigenvalue weighted by molar-refractivity contribution is 0.667. The van der Waals surface area contributed by atoms with Crippen LogP contribution in [0, 0.1) is 3.57 Å². The molecule has 0 saturated heterocycles. The summed E-state index contributed by atoms with van der Waals surface area (Å²) in [7, 11) is 0. The molecule has 13 heavy (non-hydrogen) atoms. The van der Waals surface area contributed by atoms with E-state index in [1.807, 2.05) is 0 Å². The topological polar surface area (TPSA) is 0 Å². The van der Waals surface area contributed by atoms with Crippen molar-refractivity contribution in [2.24, 2.45) is 0 Å². The van der Waals surface area contributed by atoms with Gasteiger partial charge < -0.3 is 0 Å². The zero-order valence-corrected chi connectivity index (χ0v) is 10.4. The van der Waals surface area contributed by atoms with Crippen LogP contribution in [0.2, 0.25) is 0 Å². The van der Waals surface area contributed by atoms with Crippen LogP contribution in [0.1, 0.15) is 38.2 Å². The van der Waals surface area contributed by atoms with E-state index in [2.05, 4.69) is 53.8 Å². The Hall–Kier alpha value is -0.0500. The van der Waals surface area contributed by atoms with E-state index in [9.17, 15) is 0 Å². The van der Waals surface area contributed by atoms with Crippen molar-refractivity contribution < 1.29 is 0 Å². The standard InChI is InChI=1S/C12H17I/c1-2-3-4-5-6-11-7-9-12(13)10-8-11/h7-10H,2-6H2,1H3. The molecule has 1 aromatic carbocycles. The van der Waals surface area contributed by atoms with Crippen LogP contribution in [0.5, 0.6) is 0 Å². The number of hydrogen-bond acceptors (Lipinski definition) is 0. The smallest absolute Gasteiger partial charge is 0.0130 e. The van der Waals surface area contributed by atoms with Crippen molar-refractivity contribution in [1.29, 1.82) is 0 Å². The van der Waals surface area contributed by atoms with Gasteiger partial charge in [-0.3, -0.25) is 0 Å². The Morgan fingerprint density at radius 1 is 1.00 bits per heavy atom. The molecule has 0 radical (unpaired) electrons. The summed E-state index contributed by atoms with van der Waals surface area (Å²) in [6, 6.07) is 8.87. The molecular formula is C12H17I. The molecular weight excluding hydrogens is 271 g/mol. The van der Waals surface area contributed by atoms with Crippen molar-refractivity contribution >= 4 is 22.6 Å². The van der Waals surface area contributed by atoms with Crippen LogP contribution < -0.4 is 0 Å². The highest BCUT2D eigenvalue weighted by molar-refractivity contribution is 14.1. The summed E-state index contributed by atoms with van der Waals surface area (Å²) in [6.45, 7) is 2.25. The van der Waals surface area contributed by atoms with Gasteiger partial charge in [0.15, 0.2) is 0 Å². The van der Waals surface area contributed by atoms with Gasteiger partial charge >= 0.3 is 0 Å². The largest absolute Gasteiger partial charge is 0.0654 e. The molecule has 1 rings (SSSR count). The average molecular weight is 288 g/mol. The highest BCUT2D eigenvalue weighted by Crippen LogP contribution is 2.10. The van der Waals surface area contributed by atoms with E-state index >= 15 is 0 Å². The lowest BCUT2D eigenvalue weighted by atomic mass is 10.1. The molecule has 0 nitrogen and oxygen atoms in total. The summed E-state index contributed by atoms with van der Waals surface area (Å²) in [4.78, 5) is 0. The molecule has 0 N–H and O–H groups in total. The fraction of sp³-hybridized carbons (Fsp3) is 0.500. The third kappa shape index (κ3) is 4.65. The molecule has 0 aliphatic rings. The first-order valence-corrected chi connectivity index (χ1v) is 6.15. The van der Waals surface area contributed by atoms with Crippen molar-refractivity contribution in [3.63, 3.8) is 0 Å². The second-order valence-electron chi connectivity index (χ2n) is 3.44. The molecule has 0 saturated carbocycles. The number of aryl methyl sites for hydroxylation is 1. The van der Waals surface area contributed by atoms with E-state index in [-0.39, 0.29) is 0 Å². The van der Waals surface area contributed by atoms with E-state index in [0.717, 1.165) is 0 Å². The molecule has 0 aliphatic heterocycles. The fourth-order valence-corrected chi connectivity index (χ4v) is 1.77. The molecule has 0 fully saturated rings. The Bertz CT molecular complexity index is 225. The SMILES string of the molecule is CCCCCCc1ccc(I)cc1. The quantitative estimate of drug-likeness (QED) is 0.556. The van der Waals surface area contributed by atoms with Gasteiger partial charge in [0.05, 0.1) is 0 Å². The predicted octanol–water partition coefficient (Wildman–Crippen LogP) is 4.41. The zero-order chi connectivity index (χ0) is 9.52. The van der Waals surface area contributed by atoms with Gasteiger partial charge in [0.25, 0.3) is 0 Å². The van der Waals surface area contributed by atoms with Gasteiger partial charge in [-0.25, -0.2) is 0 Å². The van der Waals surface area contributed by atoms with Crippen molar-refractivity contribution in [3.8, 4) is 0 Å². The van der Waals surface area contributed by atoms with Crippen LogP contribution in [0.15, 0.2) is 24.3 Å². The van der Waals surface area contributed by atoms with Crippen molar-refractivity contribution in [1.82, 2.24) is 0 Å². The molecule has 1 aromatic rings. The maximum atomic E-state index is 2.35. The molecule has 0 aromatic heterocycles. The molecule has 0 atom stereocenters.